The number of ether oxygens (including phenoxy) is 1. The van der Waals surface area contributed by atoms with E-state index in [9.17, 15) is 0 Å². The first-order valence-corrected chi connectivity index (χ1v) is 5.37. The van der Waals surface area contributed by atoms with E-state index in [2.05, 4.69) is 16.0 Å². The van der Waals surface area contributed by atoms with Gasteiger partial charge in [-0.05, 0) is 37.1 Å². The molecule has 18 heavy (non-hydrogen) atoms. The topological polar surface area (TPSA) is 84.8 Å². The smallest absolute Gasteiger partial charge is 0.239 e. The molecule has 0 saturated heterocycles. The maximum atomic E-state index is 8.87. The van der Waals surface area contributed by atoms with Gasteiger partial charge in [0.15, 0.2) is 0 Å². The Hall–Kier alpha value is -2.61. The standard InChI is InChI=1S/C13H12N4O/c1-8-3-10(5-14)4-9(2)13(8)18-12-7-16-6-11(15)17-12/h3-4,6-7H,1-2H3,(H2,15,17). The number of nitrogen functional groups attached to an aromatic ring is 1. The molecule has 2 N–H and O–H groups in total. The molecule has 2 rings (SSSR count). The van der Waals surface area contributed by atoms with Gasteiger partial charge in [-0.15, -0.1) is 0 Å². The zero-order valence-electron chi connectivity index (χ0n) is 10.1. The number of nitrogens with two attached hydrogens (primary N) is 1. The van der Waals surface area contributed by atoms with Gasteiger partial charge in [-0.25, -0.2) is 0 Å². The number of nitrogens with zero attached hydrogens (tertiary/aromatic N) is 3. The lowest BCUT2D eigenvalue weighted by atomic mass is 10.1. The summed E-state index contributed by atoms with van der Waals surface area (Å²) in [4.78, 5) is 7.93. The highest BCUT2D eigenvalue weighted by atomic mass is 16.5. The van der Waals surface area contributed by atoms with E-state index < -0.39 is 0 Å². The van der Waals surface area contributed by atoms with Gasteiger partial charge in [-0.2, -0.15) is 10.2 Å². The minimum Gasteiger partial charge on any atom is -0.437 e. The zero-order valence-corrected chi connectivity index (χ0v) is 10.1. The highest BCUT2D eigenvalue weighted by Gasteiger charge is 2.08. The van der Waals surface area contributed by atoms with E-state index in [-0.39, 0.29) is 0 Å². The van der Waals surface area contributed by atoms with E-state index in [0.29, 0.717) is 23.0 Å². The van der Waals surface area contributed by atoms with Crippen molar-refractivity contribution >= 4 is 5.82 Å². The average molecular weight is 240 g/mol. The minimum atomic E-state index is 0.302. The lowest BCUT2D eigenvalue weighted by molar-refractivity contribution is 0.454. The van der Waals surface area contributed by atoms with E-state index in [4.69, 9.17) is 15.7 Å². The molecule has 0 bridgehead atoms. The van der Waals surface area contributed by atoms with Gasteiger partial charge < -0.3 is 10.5 Å². The third kappa shape index (κ3) is 2.38. The fourth-order valence-corrected chi connectivity index (χ4v) is 1.69. The van der Waals surface area contributed by atoms with Gasteiger partial charge in [0.1, 0.15) is 11.6 Å². The van der Waals surface area contributed by atoms with Gasteiger partial charge in [0.25, 0.3) is 0 Å². The Labute approximate surface area is 105 Å². The van der Waals surface area contributed by atoms with Crippen molar-refractivity contribution in [1.82, 2.24) is 9.97 Å². The average Bonchev–Trinajstić information content (AvgIpc) is 2.33. The molecule has 5 nitrogen and oxygen atoms in total. The molecule has 90 valence electrons. The molecule has 2 aromatic rings. The van der Waals surface area contributed by atoms with Crippen LogP contribution in [0.5, 0.6) is 11.6 Å². The molecular weight excluding hydrogens is 228 g/mol. The van der Waals surface area contributed by atoms with Crippen LogP contribution in [0.4, 0.5) is 5.82 Å². The molecule has 0 amide bonds. The summed E-state index contributed by atoms with van der Waals surface area (Å²) in [5, 5.41) is 8.87. The number of nitriles is 1. The Morgan fingerprint density at radius 1 is 1.22 bits per heavy atom. The Balaban J connectivity index is 2.38. The number of aryl methyl sites for hydroxylation is 2. The summed E-state index contributed by atoms with van der Waals surface area (Å²) in [6.45, 7) is 3.76. The Kier molecular flexibility index (Phi) is 3.11. The van der Waals surface area contributed by atoms with Crippen LogP contribution >= 0.6 is 0 Å². The second-order valence-electron chi connectivity index (χ2n) is 3.94. The first-order chi connectivity index (χ1) is 8.60. The van der Waals surface area contributed by atoms with Gasteiger partial charge in [0.2, 0.25) is 5.88 Å². The summed E-state index contributed by atoms with van der Waals surface area (Å²) in [6, 6.07) is 5.64. The predicted octanol–water partition coefficient (Wildman–Crippen LogP) is 2.34. The second kappa shape index (κ2) is 4.72. The Morgan fingerprint density at radius 3 is 2.44 bits per heavy atom. The lowest BCUT2D eigenvalue weighted by Crippen LogP contribution is -1.97. The van der Waals surface area contributed by atoms with Crippen molar-refractivity contribution < 1.29 is 4.74 Å². The normalized spacial score (nSPS) is 9.83. The van der Waals surface area contributed by atoms with Gasteiger partial charge in [0, 0.05) is 0 Å². The van der Waals surface area contributed by atoms with Crippen LogP contribution < -0.4 is 10.5 Å². The molecule has 1 aromatic carbocycles. The fourth-order valence-electron chi connectivity index (χ4n) is 1.69. The molecule has 5 heteroatoms. The summed E-state index contributed by atoms with van der Waals surface area (Å²) in [6.07, 6.45) is 2.94. The summed E-state index contributed by atoms with van der Waals surface area (Å²) >= 11 is 0. The van der Waals surface area contributed by atoms with E-state index >= 15 is 0 Å². The van der Waals surface area contributed by atoms with Crippen LogP contribution in [0.1, 0.15) is 16.7 Å². The molecule has 1 aromatic heterocycles. The monoisotopic (exact) mass is 240 g/mol. The van der Waals surface area contributed by atoms with Gasteiger partial charge in [-0.3, -0.25) is 4.98 Å². The second-order valence-corrected chi connectivity index (χ2v) is 3.94. The third-order valence-electron chi connectivity index (χ3n) is 2.43. The number of rotatable bonds is 2. The highest BCUT2D eigenvalue weighted by Crippen LogP contribution is 2.28. The number of hydrogen-bond donors (Lipinski definition) is 1. The van der Waals surface area contributed by atoms with Crippen molar-refractivity contribution in [1.29, 1.82) is 5.26 Å². The van der Waals surface area contributed by atoms with Crippen LogP contribution in [-0.4, -0.2) is 9.97 Å². The number of hydrogen-bond acceptors (Lipinski definition) is 5. The molecule has 1 heterocycles. The molecule has 0 fully saturated rings. The maximum Gasteiger partial charge on any atom is 0.239 e. The van der Waals surface area contributed by atoms with Crippen LogP contribution in [0, 0.1) is 25.2 Å². The Bertz CT molecular complexity index is 608. The van der Waals surface area contributed by atoms with E-state index in [1.807, 2.05) is 13.8 Å². The van der Waals surface area contributed by atoms with Gasteiger partial charge >= 0.3 is 0 Å². The van der Waals surface area contributed by atoms with E-state index in [0.717, 1.165) is 11.1 Å². The molecule has 0 saturated carbocycles. The van der Waals surface area contributed by atoms with E-state index in [1.54, 1.807) is 12.1 Å². The van der Waals surface area contributed by atoms with Crippen molar-refractivity contribution in [2.24, 2.45) is 0 Å². The first kappa shape index (κ1) is 11.9. The van der Waals surface area contributed by atoms with Crippen molar-refractivity contribution in [2.45, 2.75) is 13.8 Å². The molecule has 0 unspecified atom stereocenters. The SMILES string of the molecule is Cc1cc(C#N)cc(C)c1Oc1cncc(N)n1. The highest BCUT2D eigenvalue weighted by molar-refractivity contribution is 5.48. The predicted molar refractivity (Wildman–Crippen MR) is 67.1 cm³/mol. The van der Waals surface area contributed by atoms with Crippen LogP contribution in [0.25, 0.3) is 0 Å². The summed E-state index contributed by atoms with van der Waals surface area (Å²) < 4.78 is 5.66. The lowest BCUT2D eigenvalue weighted by Gasteiger charge is -2.11. The van der Waals surface area contributed by atoms with Crippen molar-refractivity contribution in [3.8, 4) is 17.7 Å². The maximum absolute atomic E-state index is 8.87. The molecule has 0 aliphatic rings. The molecule has 0 atom stereocenters. The van der Waals surface area contributed by atoms with Crippen LogP contribution in [-0.2, 0) is 0 Å². The number of anilines is 1. The molecular formula is C13H12N4O. The summed E-state index contributed by atoms with van der Waals surface area (Å²) in [5.74, 6) is 1.32. The zero-order chi connectivity index (χ0) is 13.1. The van der Waals surface area contributed by atoms with Crippen LogP contribution in [0.2, 0.25) is 0 Å². The number of aromatic nitrogens is 2. The Morgan fingerprint density at radius 2 is 1.89 bits per heavy atom. The largest absolute Gasteiger partial charge is 0.437 e. The van der Waals surface area contributed by atoms with Gasteiger partial charge in [0.05, 0.1) is 24.0 Å². The van der Waals surface area contributed by atoms with Crippen molar-refractivity contribution in [3.05, 3.63) is 41.2 Å². The minimum absolute atomic E-state index is 0.302. The van der Waals surface area contributed by atoms with Crippen LogP contribution in [0.15, 0.2) is 24.5 Å². The van der Waals surface area contributed by atoms with Crippen molar-refractivity contribution in [3.63, 3.8) is 0 Å². The third-order valence-corrected chi connectivity index (χ3v) is 2.43. The fraction of sp³-hybridized carbons (Fsp3) is 0.154. The molecule has 0 aliphatic carbocycles. The molecule has 0 radical (unpaired) electrons. The van der Waals surface area contributed by atoms with Gasteiger partial charge in [-0.1, -0.05) is 0 Å². The number of benzene rings is 1. The quantitative estimate of drug-likeness (QED) is 0.870. The first-order valence-electron chi connectivity index (χ1n) is 5.37. The summed E-state index contributed by atoms with van der Waals surface area (Å²) in [5.41, 5.74) is 7.89. The molecule has 0 aliphatic heterocycles. The molecule has 0 spiro atoms. The van der Waals surface area contributed by atoms with Crippen LogP contribution in [0.3, 0.4) is 0 Å². The van der Waals surface area contributed by atoms with E-state index in [1.165, 1.54) is 12.4 Å². The summed E-state index contributed by atoms with van der Waals surface area (Å²) in [7, 11) is 0. The van der Waals surface area contributed by atoms with Crippen molar-refractivity contribution in [2.75, 3.05) is 5.73 Å².